The van der Waals surface area contributed by atoms with Crippen molar-refractivity contribution in [3.05, 3.63) is 29.6 Å². The number of amides is 1. The van der Waals surface area contributed by atoms with Gasteiger partial charge >= 0.3 is 12.3 Å². The first-order valence-electron chi connectivity index (χ1n) is 7.58. The van der Waals surface area contributed by atoms with Gasteiger partial charge in [0.2, 0.25) is 5.84 Å². The van der Waals surface area contributed by atoms with Gasteiger partial charge in [0.15, 0.2) is 6.20 Å². The Morgan fingerprint density at radius 1 is 1.48 bits per heavy atom. The first-order chi connectivity index (χ1) is 10.7. The second-order valence-electron chi connectivity index (χ2n) is 6.71. The highest BCUT2D eigenvalue weighted by Crippen LogP contribution is 2.37. The predicted octanol–water partition coefficient (Wildman–Crippen LogP) is 0.707. The van der Waals surface area contributed by atoms with Crippen LogP contribution in [-0.2, 0) is 4.79 Å². The van der Waals surface area contributed by atoms with Crippen molar-refractivity contribution in [3.63, 3.8) is 0 Å². The summed E-state index contributed by atoms with van der Waals surface area (Å²) in [7, 11) is 3.71. The summed E-state index contributed by atoms with van der Waals surface area (Å²) in [5.74, 6) is -0.660. The van der Waals surface area contributed by atoms with E-state index in [1.165, 1.54) is 0 Å². The maximum absolute atomic E-state index is 13.0. The van der Waals surface area contributed by atoms with Crippen LogP contribution in [0.3, 0.4) is 0 Å². The number of rotatable bonds is 3. The van der Waals surface area contributed by atoms with Crippen molar-refractivity contribution in [2.45, 2.75) is 32.6 Å². The third kappa shape index (κ3) is 1.92. The van der Waals surface area contributed by atoms with E-state index in [1.807, 2.05) is 39.8 Å². The molecule has 0 spiro atoms. The highest BCUT2D eigenvalue weighted by atomic mass is 16.4. The molecule has 0 radical (unpaired) electrons. The van der Waals surface area contributed by atoms with Crippen molar-refractivity contribution in [1.82, 2.24) is 9.80 Å². The number of hydrogen-bond donors (Lipinski definition) is 1. The molecule has 0 bridgehead atoms. The number of aromatic carboxylic acids is 1. The van der Waals surface area contributed by atoms with E-state index in [0.717, 1.165) is 0 Å². The van der Waals surface area contributed by atoms with Crippen LogP contribution >= 0.6 is 0 Å². The highest BCUT2D eigenvalue weighted by molar-refractivity contribution is 6.17. The normalized spacial score (nSPS) is 25.9. The Balaban J connectivity index is 2.30. The number of aromatic nitrogens is 1. The van der Waals surface area contributed by atoms with E-state index in [0.29, 0.717) is 11.5 Å². The summed E-state index contributed by atoms with van der Waals surface area (Å²) in [4.78, 5) is 32.8. The van der Waals surface area contributed by atoms with E-state index >= 15 is 0 Å². The summed E-state index contributed by atoms with van der Waals surface area (Å²) in [6.07, 6.45) is 1.38. The summed E-state index contributed by atoms with van der Waals surface area (Å²) in [5, 5.41) is 9.51. The summed E-state index contributed by atoms with van der Waals surface area (Å²) < 4.78 is 1.79. The van der Waals surface area contributed by atoms with Crippen LogP contribution in [0.4, 0.5) is 0 Å². The number of fused-ring (bicyclic) bond motifs is 3. The van der Waals surface area contributed by atoms with E-state index < -0.39 is 17.8 Å². The van der Waals surface area contributed by atoms with Gasteiger partial charge in [-0.25, -0.2) is 19.6 Å². The molecule has 2 aliphatic rings. The predicted molar refractivity (Wildman–Crippen MR) is 82.9 cm³/mol. The molecule has 7 heteroatoms. The van der Waals surface area contributed by atoms with Gasteiger partial charge in [-0.15, -0.1) is 0 Å². The lowest BCUT2D eigenvalue weighted by atomic mass is 9.89. The van der Waals surface area contributed by atoms with Crippen LogP contribution in [0, 0.1) is 5.92 Å². The molecular formula is C16H21N4O3+. The lowest BCUT2D eigenvalue weighted by Gasteiger charge is -2.28. The molecular weight excluding hydrogens is 296 g/mol. The fourth-order valence-electron chi connectivity index (χ4n) is 3.15. The Hall–Kier alpha value is -2.28. The zero-order chi connectivity index (χ0) is 17.1. The topological polar surface area (TPSA) is 77.1 Å². The van der Waals surface area contributed by atoms with E-state index in [-0.39, 0.29) is 17.4 Å². The van der Waals surface area contributed by atoms with Gasteiger partial charge < -0.3 is 5.11 Å². The molecule has 1 amide bonds. The number of carboxylic acids is 1. The minimum Gasteiger partial charge on any atom is -0.477 e. The summed E-state index contributed by atoms with van der Waals surface area (Å²) in [5.41, 5.74) is -0.231. The minimum absolute atomic E-state index is 0.0151. The summed E-state index contributed by atoms with van der Waals surface area (Å²) >= 11 is 0. The molecule has 0 saturated heterocycles. The second kappa shape index (κ2) is 4.86. The maximum Gasteiger partial charge on any atom is 0.342 e. The van der Waals surface area contributed by atoms with Crippen molar-refractivity contribution in [2.24, 2.45) is 10.9 Å². The number of amidine groups is 1. The molecule has 3 rings (SSSR count). The van der Waals surface area contributed by atoms with Crippen molar-refractivity contribution in [1.29, 1.82) is 0 Å². The van der Waals surface area contributed by atoms with Gasteiger partial charge in [-0.05, 0) is 33.0 Å². The number of carbonyl (C=O) groups excluding carboxylic acids is 1. The van der Waals surface area contributed by atoms with E-state index in [2.05, 4.69) is 4.99 Å². The van der Waals surface area contributed by atoms with Crippen LogP contribution < -0.4 is 4.57 Å². The Morgan fingerprint density at radius 3 is 2.65 bits per heavy atom. The van der Waals surface area contributed by atoms with E-state index in [9.17, 15) is 14.7 Å². The van der Waals surface area contributed by atoms with Crippen molar-refractivity contribution in [3.8, 4) is 0 Å². The molecule has 0 aliphatic carbocycles. The summed E-state index contributed by atoms with van der Waals surface area (Å²) in [6, 6.07) is 3.22. The van der Waals surface area contributed by atoms with Gasteiger partial charge in [0.05, 0.1) is 0 Å². The fraction of sp³-hybridized carbons (Fsp3) is 0.500. The lowest BCUT2D eigenvalue weighted by Crippen LogP contribution is -2.55. The zero-order valence-electron chi connectivity index (χ0n) is 13.9. The van der Waals surface area contributed by atoms with Crippen molar-refractivity contribution < 1.29 is 19.3 Å². The number of nitrogens with zero attached hydrogens (tertiary/aromatic N) is 4. The van der Waals surface area contributed by atoms with E-state index in [1.54, 1.807) is 27.8 Å². The van der Waals surface area contributed by atoms with Crippen LogP contribution in [0.1, 0.15) is 43.1 Å². The van der Waals surface area contributed by atoms with Crippen molar-refractivity contribution >= 4 is 17.7 Å². The molecule has 7 nitrogen and oxygen atoms in total. The number of hydrogen-bond acceptors (Lipinski definition) is 4. The van der Waals surface area contributed by atoms with Crippen LogP contribution in [0.15, 0.2) is 23.3 Å². The van der Waals surface area contributed by atoms with Crippen molar-refractivity contribution in [2.75, 3.05) is 14.1 Å². The van der Waals surface area contributed by atoms with Gasteiger partial charge in [0.1, 0.15) is 11.1 Å². The molecule has 1 aromatic heterocycles. The minimum atomic E-state index is -1.03. The highest BCUT2D eigenvalue weighted by Gasteiger charge is 2.59. The van der Waals surface area contributed by atoms with Gasteiger partial charge in [-0.3, -0.25) is 4.79 Å². The number of carbonyl (C=O) groups is 2. The molecule has 2 aliphatic heterocycles. The molecule has 1 aromatic rings. The van der Waals surface area contributed by atoms with Gasteiger partial charge in [0.25, 0.3) is 11.6 Å². The van der Waals surface area contributed by atoms with Gasteiger partial charge in [-0.2, -0.15) is 4.57 Å². The Morgan fingerprint density at radius 2 is 2.13 bits per heavy atom. The second-order valence-corrected chi connectivity index (χ2v) is 6.71. The summed E-state index contributed by atoms with van der Waals surface area (Å²) in [6.45, 7) is 5.71. The quantitative estimate of drug-likeness (QED) is 0.833. The molecule has 1 N–H and O–H groups in total. The SMILES string of the molecule is CC(C)C1(C)N=C2c3c(C(=O)O)ccc[n+]3C(N(C)C)N2C1=O. The lowest BCUT2D eigenvalue weighted by molar-refractivity contribution is -0.747. The zero-order valence-corrected chi connectivity index (χ0v) is 13.9. The molecule has 23 heavy (non-hydrogen) atoms. The molecule has 2 unspecified atom stereocenters. The van der Waals surface area contributed by atoms with Crippen LogP contribution in [-0.4, -0.2) is 52.3 Å². The molecule has 122 valence electrons. The van der Waals surface area contributed by atoms with Crippen LogP contribution in [0.2, 0.25) is 0 Å². The monoisotopic (exact) mass is 317 g/mol. The van der Waals surface area contributed by atoms with Gasteiger partial charge in [-0.1, -0.05) is 13.8 Å². The average molecular weight is 317 g/mol. The van der Waals surface area contributed by atoms with E-state index in [4.69, 9.17) is 0 Å². The molecule has 3 heterocycles. The molecule has 2 atom stereocenters. The molecule has 0 fully saturated rings. The Bertz CT molecular complexity index is 741. The Labute approximate surface area is 134 Å². The average Bonchev–Trinajstić information content (AvgIpc) is 2.92. The van der Waals surface area contributed by atoms with Gasteiger partial charge in [0, 0.05) is 6.07 Å². The number of pyridine rings is 1. The first-order valence-corrected chi connectivity index (χ1v) is 7.58. The number of aliphatic imine (C=N–C) groups is 1. The number of carboxylic acid groups (broad SMARTS) is 1. The first kappa shape index (κ1) is 15.6. The smallest absolute Gasteiger partial charge is 0.342 e. The largest absolute Gasteiger partial charge is 0.477 e. The van der Waals surface area contributed by atoms with Crippen LogP contribution in [0.5, 0.6) is 0 Å². The third-order valence-corrected chi connectivity index (χ3v) is 4.75. The fourth-order valence-corrected chi connectivity index (χ4v) is 3.15. The third-order valence-electron chi connectivity index (χ3n) is 4.75. The molecule has 0 aromatic carbocycles. The van der Waals surface area contributed by atoms with Crippen LogP contribution in [0.25, 0.3) is 0 Å². The maximum atomic E-state index is 13.0. The molecule has 0 saturated carbocycles. The Kier molecular flexibility index (Phi) is 3.30. The standard InChI is InChI=1S/C16H20N4O3/c1-9(2)16(3)14(23)20-12(17-16)11-10(13(21)22)7-6-8-19(11)15(20)18(4)5/h6-9,15H,1-5H3/p+1.